The normalized spacial score (nSPS) is 24.8. The van der Waals surface area contributed by atoms with E-state index in [1.54, 1.807) is 0 Å². The fourth-order valence-electron chi connectivity index (χ4n) is 3.38. The molecule has 1 saturated heterocycles. The second kappa shape index (κ2) is 6.10. The van der Waals surface area contributed by atoms with Crippen molar-refractivity contribution in [3.63, 3.8) is 0 Å². The molecule has 1 aromatic carbocycles. The number of carbonyl (C=O) groups excluding carboxylic acids is 1. The summed E-state index contributed by atoms with van der Waals surface area (Å²) >= 11 is 0. The third-order valence-electron chi connectivity index (χ3n) is 4.73. The molecule has 118 valence electrons. The summed E-state index contributed by atoms with van der Waals surface area (Å²) in [4.78, 5) is 12.5. The highest BCUT2D eigenvalue weighted by Gasteiger charge is 2.29. The predicted molar refractivity (Wildman–Crippen MR) is 88.6 cm³/mol. The number of fused-ring (bicyclic) bond motifs is 1. The summed E-state index contributed by atoms with van der Waals surface area (Å²) in [5.41, 5.74) is 8.34. The van der Waals surface area contributed by atoms with Gasteiger partial charge in [0.2, 0.25) is 0 Å². The molecule has 0 radical (unpaired) electrons. The number of nitrogens with zero attached hydrogens (tertiary/aromatic N) is 1. The molecule has 0 bridgehead atoms. The molecule has 2 heterocycles. The van der Waals surface area contributed by atoms with Gasteiger partial charge in [0.25, 0.3) is 5.91 Å². The molecule has 2 aromatic rings. The maximum absolute atomic E-state index is 12.5. The van der Waals surface area contributed by atoms with Gasteiger partial charge in [-0.25, -0.2) is 0 Å². The van der Waals surface area contributed by atoms with Crippen molar-refractivity contribution in [2.75, 3.05) is 6.54 Å². The van der Waals surface area contributed by atoms with E-state index in [1.807, 2.05) is 42.1 Å². The molecule has 2 atom stereocenters. The standard InChI is InChI=1S/C17H24N4O/c1-11-13(12(2)20-19-11)8-9-18-17(22)15-10-21(3)16-7-5-4-6-14(15)16/h4-7,10-13,19-20H,8-9H2,1-3H3,(H,18,22). The van der Waals surface area contributed by atoms with E-state index in [0.717, 1.165) is 22.9 Å². The monoisotopic (exact) mass is 300 g/mol. The number of carbonyl (C=O) groups is 1. The van der Waals surface area contributed by atoms with Gasteiger partial charge in [0.05, 0.1) is 5.56 Å². The van der Waals surface area contributed by atoms with Crippen LogP contribution in [0.5, 0.6) is 0 Å². The summed E-state index contributed by atoms with van der Waals surface area (Å²) in [5.74, 6) is 0.545. The van der Waals surface area contributed by atoms with E-state index in [-0.39, 0.29) is 5.91 Å². The summed E-state index contributed by atoms with van der Waals surface area (Å²) in [7, 11) is 1.97. The first kappa shape index (κ1) is 15.1. The number of para-hydroxylation sites is 1. The van der Waals surface area contributed by atoms with Crippen molar-refractivity contribution in [3.05, 3.63) is 36.0 Å². The Morgan fingerprint density at radius 1 is 1.23 bits per heavy atom. The van der Waals surface area contributed by atoms with Gasteiger partial charge >= 0.3 is 0 Å². The number of aryl methyl sites for hydroxylation is 1. The Bertz CT molecular complexity index is 668. The minimum Gasteiger partial charge on any atom is -0.352 e. The third kappa shape index (κ3) is 2.74. The van der Waals surface area contributed by atoms with Crippen LogP contribution in [0.15, 0.2) is 30.5 Å². The van der Waals surface area contributed by atoms with Gasteiger partial charge in [0.1, 0.15) is 0 Å². The Kier molecular flexibility index (Phi) is 4.18. The zero-order chi connectivity index (χ0) is 15.7. The third-order valence-corrected chi connectivity index (χ3v) is 4.73. The zero-order valence-electron chi connectivity index (χ0n) is 13.4. The maximum atomic E-state index is 12.5. The van der Waals surface area contributed by atoms with Crippen molar-refractivity contribution in [2.24, 2.45) is 13.0 Å². The van der Waals surface area contributed by atoms with Crippen LogP contribution in [-0.4, -0.2) is 29.1 Å². The summed E-state index contributed by atoms with van der Waals surface area (Å²) in [5, 5.41) is 4.07. The number of hydrogen-bond acceptors (Lipinski definition) is 3. The molecule has 3 rings (SSSR count). The Balaban J connectivity index is 1.64. The number of nitrogens with one attached hydrogen (secondary N) is 3. The molecule has 5 heteroatoms. The first-order valence-corrected chi connectivity index (χ1v) is 7.91. The van der Waals surface area contributed by atoms with Crippen LogP contribution in [0.1, 0.15) is 30.6 Å². The molecule has 1 amide bonds. The Hall–Kier alpha value is -1.85. The molecule has 0 spiro atoms. The number of amides is 1. The molecule has 1 aromatic heterocycles. The lowest BCUT2D eigenvalue weighted by molar-refractivity contribution is 0.0952. The van der Waals surface area contributed by atoms with E-state index in [0.29, 0.717) is 24.5 Å². The van der Waals surface area contributed by atoms with Crippen LogP contribution in [0.3, 0.4) is 0 Å². The smallest absolute Gasteiger partial charge is 0.253 e. The Labute approximate surface area is 131 Å². The second-order valence-corrected chi connectivity index (χ2v) is 6.25. The lowest BCUT2D eigenvalue weighted by atomic mass is 9.93. The number of rotatable bonds is 4. The minimum atomic E-state index is 0.0102. The van der Waals surface area contributed by atoms with Gasteiger partial charge in [-0.2, -0.15) is 0 Å². The van der Waals surface area contributed by atoms with Gasteiger partial charge < -0.3 is 9.88 Å². The molecule has 1 fully saturated rings. The first-order chi connectivity index (χ1) is 10.6. The van der Waals surface area contributed by atoms with Crippen molar-refractivity contribution in [3.8, 4) is 0 Å². The molecular weight excluding hydrogens is 276 g/mol. The van der Waals surface area contributed by atoms with Crippen LogP contribution < -0.4 is 16.2 Å². The highest BCUT2D eigenvalue weighted by Crippen LogP contribution is 2.21. The van der Waals surface area contributed by atoms with Crippen LogP contribution in [0, 0.1) is 5.92 Å². The molecule has 22 heavy (non-hydrogen) atoms. The van der Waals surface area contributed by atoms with Crippen molar-refractivity contribution in [1.82, 2.24) is 20.7 Å². The molecule has 0 aliphatic carbocycles. The average molecular weight is 300 g/mol. The lowest BCUT2D eigenvalue weighted by Crippen LogP contribution is -2.30. The number of hydrazine groups is 1. The van der Waals surface area contributed by atoms with E-state index in [2.05, 4.69) is 30.0 Å². The fraction of sp³-hybridized carbons (Fsp3) is 0.471. The van der Waals surface area contributed by atoms with Crippen molar-refractivity contribution in [1.29, 1.82) is 0 Å². The largest absolute Gasteiger partial charge is 0.352 e. The van der Waals surface area contributed by atoms with Gasteiger partial charge in [-0.15, -0.1) is 0 Å². The Morgan fingerprint density at radius 3 is 2.64 bits per heavy atom. The SMILES string of the molecule is CC1NNC(C)C1CCNC(=O)c1cn(C)c2ccccc12. The topological polar surface area (TPSA) is 58.1 Å². The van der Waals surface area contributed by atoms with Gasteiger partial charge in [-0.1, -0.05) is 18.2 Å². The van der Waals surface area contributed by atoms with E-state index >= 15 is 0 Å². The molecule has 0 saturated carbocycles. The minimum absolute atomic E-state index is 0.0102. The van der Waals surface area contributed by atoms with Gasteiger partial charge in [-0.3, -0.25) is 15.6 Å². The summed E-state index contributed by atoms with van der Waals surface area (Å²) in [6, 6.07) is 8.87. The van der Waals surface area contributed by atoms with Crippen molar-refractivity contribution >= 4 is 16.8 Å². The second-order valence-electron chi connectivity index (χ2n) is 6.25. The summed E-state index contributed by atoms with van der Waals surface area (Å²) < 4.78 is 2.00. The molecule has 1 aliphatic heterocycles. The van der Waals surface area contributed by atoms with Crippen LogP contribution in [0.2, 0.25) is 0 Å². The first-order valence-electron chi connectivity index (χ1n) is 7.91. The number of benzene rings is 1. The predicted octanol–water partition coefficient (Wildman–Crippen LogP) is 1.80. The lowest BCUT2D eigenvalue weighted by Gasteiger charge is -2.17. The van der Waals surface area contributed by atoms with Gasteiger partial charge in [0.15, 0.2) is 0 Å². The van der Waals surface area contributed by atoms with Gasteiger partial charge in [-0.05, 0) is 32.3 Å². The Morgan fingerprint density at radius 2 is 1.91 bits per heavy atom. The molecule has 5 nitrogen and oxygen atoms in total. The molecule has 1 aliphatic rings. The fourth-order valence-corrected chi connectivity index (χ4v) is 3.38. The van der Waals surface area contributed by atoms with E-state index < -0.39 is 0 Å². The van der Waals surface area contributed by atoms with E-state index in [9.17, 15) is 4.79 Å². The average Bonchev–Trinajstić information content (AvgIpc) is 3.02. The van der Waals surface area contributed by atoms with E-state index in [1.165, 1.54) is 0 Å². The van der Waals surface area contributed by atoms with Gasteiger partial charge in [0, 0.05) is 42.8 Å². The summed E-state index contributed by atoms with van der Waals surface area (Å²) in [6.07, 6.45) is 2.88. The number of aromatic nitrogens is 1. The number of hydrogen-bond donors (Lipinski definition) is 3. The van der Waals surface area contributed by atoms with Crippen LogP contribution in [0.4, 0.5) is 0 Å². The molecular formula is C17H24N4O. The highest BCUT2D eigenvalue weighted by molar-refractivity contribution is 6.06. The van der Waals surface area contributed by atoms with Crippen molar-refractivity contribution < 1.29 is 4.79 Å². The molecule has 2 unspecified atom stereocenters. The van der Waals surface area contributed by atoms with Crippen LogP contribution in [-0.2, 0) is 7.05 Å². The summed E-state index contributed by atoms with van der Waals surface area (Å²) in [6.45, 7) is 5.05. The van der Waals surface area contributed by atoms with Crippen LogP contribution >= 0.6 is 0 Å². The van der Waals surface area contributed by atoms with E-state index in [4.69, 9.17) is 0 Å². The zero-order valence-corrected chi connectivity index (χ0v) is 13.4. The quantitative estimate of drug-likeness (QED) is 0.807. The van der Waals surface area contributed by atoms with Crippen LogP contribution in [0.25, 0.3) is 10.9 Å². The highest BCUT2D eigenvalue weighted by atomic mass is 16.1. The maximum Gasteiger partial charge on any atom is 0.253 e. The molecule has 3 N–H and O–H groups in total. The van der Waals surface area contributed by atoms with Crippen molar-refractivity contribution in [2.45, 2.75) is 32.4 Å².